The molecule has 23 heavy (non-hydrogen) atoms. The van der Waals surface area contributed by atoms with E-state index in [9.17, 15) is 9.59 Å². The minimum Gasteiger partial charge on any atom is -0.465 e. The minimum absolute atomic E-state index is 0.299. The lowest BCUT2D eigenvalue weighted by Gasteiger charge is -2.27. The molecule has 0 aromatic heterocycles. The number of carboxylic acid groups (broad SMARTS) is 1. The van der Waals surface area contributed by atoms with Gasteiger partial charge in [0.25, 0.3) is 5.91 Å². The third-order valence-electron chi connectivity index (χ3n) is 3.54. The quantitative estimate of drug-likeness (QED) is 0.889. The van der Waals surface area contributed by atoms with Gasteiger partial charge >= 0.3 is 6.09 Å². The Hall–Kier alpha value is -2.82. The Kier molecular flexibility index (Phi) is 5.36. The van der Waals surface area contributed by atoms with E-state index in [1.807, 2.05) is 44.2 Å². The van der Waals surface area contributed by atoms with Crippen LogP contribution in [0.25, 0.3) is 0 Å². The number of nitrogens with zero attached hydrogens (tertiary/aromatic N) is 1. The van der Waals surface area contributed by atoms with Crippen LogP contribution in [-0.2, 0) is 4.79 Å². The van der Waals surface area contributed by atoms with Gasteiger partial charge in [0.05, 0.1) is 0 Å². The van der Waals surface area contributed by atoms with E-state index in [-0.39, 0.29) is 5.91 Å². The predicted octanol–water partition coefficient (Wildman–Crippen LogP) is 3.36. The number of hydrogen-bond donors (Lipinski definition) is 2. The molecule has 0 aliphatic carbocycles. The molecule has 2 amide bonds. The first-order valence-corrected chi connectivity index (χ1v) is 7.45. The first-order chi connectivity index (χ1) is 11.0. The topological polar surface area (TPSA) is 69.6 Å². The number of anilines is 1. The molecule has 2 aromatic carbocycles. The molecular weight excluding hydrogens is 292 g/mol. The van der Waals surface area contributed by atoms with Gasteiger partial charge in [0.1, 0.15) is 6.04 Å². The van der Waals surface area contributed by atoms with E-state index in [2.05, 4.69) is 5.32 Å². The van der Waals surface area contributed by atoms with Gasteiger partial charge in [-0.3, -0.25) is 4.79 Å². The van der Waals surface area contributed by atoms with Crippen LogP contribution in [0.4, 0.5) is 10.5 Å². The van der Waals surface area contributed by atoms with Gasteiger partial charge in [-0.05, 0) is 37.1 Å². The highest BCUT2D eigenvalue weighted by Gasteiger charge is 2.27. The van der Waals surface area contributed by atoms with Crippen molar-refractivity contribution < 1.29 is 14.7 Å². The van der Waals surface area contributed by atoms with Crippen LogP contribution in [0.2, 0.25) is 0 Å². The predicted molar refractivity (Wildman–Crippen MR) is 89.5 cm³/mol. The summed E-state index contributed by atoms with van der Waals surface area (Å²) >= 11 is 0. The van der Waals surface area contributed by atoms with Crippen LogP contribution in [0.15, 0.2) is 54.6 Å². The summed E-state index contributed by atoms with van der Waals surface area (Å²) in [7, 11) is 0. The average molecular weight is 312 g/mol. The molecule has 5 nitrogen and oxygen atoms in total. The SMILES string of the molecule is CCN(C(=O)C(NC(=O)O)c1ccccc1)c1cccc(C)c1. The Bertz CT molecular complexity index is 686. The first kappa shape index (κ1) is 16.5. The van der Waals surface area contributed by atoms with Crippen LogP contribution in [0.3, 0.4) is 0 Å². The number of amides is 2. The number of carbonyl (C=O) groups is 2. The van der Waals surface area contributed by atoms with Gasteiger partial charge in [-0.1, -0.05) is 42.5 Å². The lowest BCUT2D eigenvalue weighted by atomic mass is 10.0. The van der Waals surface area contributed by atoms with Crippen molar-refractivity contribution in [1.82, 2.24) is 5.32 Å². The molecule has 0 radical (unpaired) electrons. The summed E-state index contributed by atoms with van der Waals surface area (Å²) < 4.78 is 0. The van der Waals surface area contributed by atoms with Gasteiger partial charge in [-0.25, -0.2) is 4.79 Å². The van der Waals surface area contributed by atoms with E-state index in [0.717, 1.165) is 11.3 Å². The molecule has 0 bridgehead atoms. The van der Waals surface area contributed by atoms with Gasteiger partial charge < -0.3 is 15.3 Å². The molecule has 0 spiro atoms. The molecule has 0 aliphatic rings. The van der Waals surface area contributed by atoms with Crippen molar-refractivity contribution in [3.05, 3.63) is 65.7 Å². The molecule has 120 valence electrons. The van der Waals surface area contributed by atoms with E-state index in [1.165, 1.54) is 0 Å². The second-order valence-electron chi connectivity index (χ2n) is 5.21. The fraction of sp³-hybridized carbons (Fsp3) is 0.222. The molecule has 0 saturated heterocycles. The van der Waals surface area contributed by atoms with Crippen LogP contribution < -0.4 is 10.2 Å². The summed E-state index contributed by atoms with van der Waals surface area (Å²) in [6.45, 7) is 4.27. The fourth-order valence-corrected chi connectivity index (χ4v) is 2.47. The Balaban J connectivity index is 2.36. The third kappa shape index (κ3) is 4.10. The van der Waals surface area contributed by atoms with Crippen LogP contribution in [0, 0.1) is 6.92 Å². The number of aryl methyl sites for hydroxylation is 1. The Labute approximate surface area is 135 Å². The van der Waals surface area contributed by atoms with Crippen molar-refractivity contribution in [2.45, 2.75) is 19.9 Å². The van der Waals surface area contributed by atoms with E-state index < -0.39 is 12.1 Å². The summed E-state index contributed by atoms with van der Waals surface area (Å²) in [4.78, 5) is 25.6. The standard InChI is InChI=1S/C18H20N2O3/c1-3-20(15-11-7-8-13(2)12-15)17(21)16(19-18(22)23)14-9-5-4-6-10-14/h4-12,16,19H,3H2,1-2H3,(H,22,23). The molecule has 1 atom stereocenters. The lowest BCUT2D eigenvalue weighted by Crippen LogP contribution is -2.42. The summed E-state index contributed by atoms with van der Waals surface area (Å²) in [6.07, 6.45) is -1.23. The van der Waals surface area contributed by atoms with Gasteiger partial charge in [0.15, 0.2) is 0 Å². The summed E-state index contributed by atoms with van der Waals surface area (Å²) in [5.74, 6) is -0.299. The zero-order chi connectivity index (χ0) is 16.8. The number of nitrogens with one attached hydrogen (secondary N) is 1. The molecule has 0 aliphatic heterocycles. The van der Waals surface area contributed by atoms with Crippen LogP contribution in [0.5, 0.6) is 0 Å². The molecule has 2 N–H and O–H groups in total. The molecule has 5 heteroatoms. The van der Waals surface area contributed by atoms with Gasteiger partial charge in [0, 0.05) is 12.2 Å². The van der Waals surface area contributed by atoms with E-state index >= 15 is 0 Å². The number of carbonyl (C=O) groups excluding carboxylic acids is 1. The Morgan fingerprint density at radius 1 is 1.13 bits per heavy atom. The highest BCUT2D eigenvalue weighted by atomic mass is 16.4. The maximum Gasteiger partial charge on any atom is 0.405 e. The highest BCUT2D eigenvalue weighted by molar-refractivity contribution is 5.99. The summed E-state index contributed by atoms with van der Waals surface area (Å²) in [5.41, 5.74) is 2.41. The largest absolute Gasteiger partial charge is 0.465 e. The van der Waals surface area contributed by atoms with Crippen molar-refractivity contribution in [1.29, 1.82) is 0 Å². The Morgan fingerprint density at radius 2 is 1.83 bits per heavy atom. The lowest BCUT2D eigenvalue weighted by molar-refractivity contribution is -0.120. The van der Waals surface area contributed by atoms with E-state index in [0.29, 0.717) is 12.1 Å². The van der Waals surface area contributed by atoms with E-state index in [1.54, 1.807) is 29.2 Å². The smallest absolute Gasteiger partial charge is 0.405 e. The normalized spacial score (nSPS) is 11.6. The maximum absolute atomic E-state index is 12.9. The molecule has 0 fully saturated rings. The van der Waals surface area contributed by atoms with Crippen LogP contribution in [-0.4, -0.2) is 23.7 Å². The van der Waals surface area contributed by atoms with Crippen LogP contribution >= 0.6 is 0 Å². The molecule has 1 unspecified atom stereocenters. The second-order valence-corrected chi connectivity index (χ2v) is 5.21. The number of rotatable bonds is 5. The van der Waals surface area contributed by atoms with Crippen LogP contribution in [0.1, 0.15) is 24.1 Å². The van der Waals surface area contributed by atoms with Crippen molar-refractivity contribution in [3.8, 4) is 0 Å². The Morgan fingerprint density at radius 3 is 2.39 bits per heavy atom. The molecular formula is C18H20N2O3. The van der Waals surface area contributed by atoms with Gasteiger partial charge in [-0.15, -0.1) is 0 Å². The second kappa shape index (κ2) is 7.45. The molecule has 0 heterocycles. The number of likely N-dealkylation sites (N-methyl/N-ethyl adjacent to an activating group) is 1. The summed E-state index contributed by atoms with van der Waals surface area (Å²) in [5, 5.41) is 11.4. The minimum atomic E-state index is -1.23. The van der Waals surface area contributed by atoms with Crippen molar-refractivity contribution in [2.24, 2.45) is 0 Å². The molecule has 0 saturated carbocycles. The number of hydrogen-bond acceptors (Lipinski definition) is 2. The average Bonchev–Trinajstić information content (AvgIpc) is 2.54. The van der Waals surface area contributed by atoms with Crippen molar-refractivity contribution in [2.75, 3.05) is 11.4 Å². The zero-order valence-corrected chi connectivity index (χ0v) is 13.2. The maximum atomic E-state index is 12.9. The fourth-order valence-electron chi connectivity index (χ4n) is 2.47. The van der Waals surface area contributed by atoms with Crippen molar-refractivity contribution in [3.63, 3.8) is 0 Å². The summed E-state index contributed by atoms with van der Waals surface area (Å²) in [6, 6.07) is 15.5. The highest BCUT2D eigenvalue weighted by Crippen LogP contribution is 2.22. The monoisotopic (exact) mass is 312 g/mol. The zero-order valence-electron chi connectivity index (χ0n) is 13.2. The molecule has 2 aromatic rings. The third-order valence-corrected chi connectivity index (χ3v) is 3.54. The molecule has 2 rings (SSSR count). The van der Waals surface area contributed by atoms with E-state index in [4.69, 9.17) is 5.11 Å². The van der Waals surface area contributed by atoms with Gasteiger partial charge in [0.2, 0.25) is 0 Å². The van der Waals surface area contributed by atoms with Gasteiger partial charge in [-0.2, -0.15) is 0 Å². The number of benzene rings is 2. The first-order valence-electron chi connectivity index (χ1n) is 7.45. The van der Waals surface area contributed by atoms with Crippen molar-refractivity contribution >= 4 is 17.7 Å².